The van der Waals surface area contributed by atoms with Crippen molar-refractivity contribution in [1.82, 2.24) is 0 Å². The lowest BCUT2D eigenvalue weighted by Gasteiger charge is -2.35. The van der Waals surface area contributed by atoms with Gasteiger partial charge in [-0.25, -0.2) is 0 Å². The molecule has 1 atom stereocenters. The van der Waals surface area contributed by atoms with Crippen LogP contribution in [0.3, 0.4) is 0 Å². The lowest BCUT2D eigenvalue weighted by atomic mass is 9.88. The van der Waals surface area contributed by atoms with Gasteiger partial charge in [-0.05, 0) is 88.3 Å². The average molecular weight is 566 g/mol. The van der Waals surface area contributed by atoms with Gasteiger partial charge >= 0.3 is 0 Å². The molecule has 2 aliphatic carbocycles. The number of para-hydroxylation sites is 1. The van der Waals surface area contributed by atoms with Crippen LogP contribution in [0.5, 0.6) is 23.0 Å². The molecule has 208 valence electrons. The number of ether oxygens (including phenoxy) is 2. The second kappa shape index (κ2) is 8.98. The number of hydrogen-bond acceptors (Lipinski definition) is 3. The molecular weight excluding hydrogens is 538 g/mol. The van der Waals surface area contributed by atoms with E-state index >= 15 is 0 Å². The molecule has 3 heteroatoms. The SMILES string of the molecule is C1=CCC(N(c2ccc3c(c2)Oc2ccc4c5c(ccc-3c25)Oc2ccccc2-4)c2cccc3c2Cc2ccccc2-3)C=C1. The molecule has 0 N–H and O–H groups in total. The molecule has 2 heterocycles. The van der Waals surface area contributed by atoms with Crippen LogP contribution in [0, 0.1) is 0 Å². The summed E-state index contributed by atoms with van der Waals surface area (Å²) in [5.41, 5.74) is 12.4. The van der Waals surface area contributed by atoms with E-state index in [4.69, 9.17) is 9.47 Å². The van der Waals surface area contributed by atoms with Gasteiger partial charge in [0.1, 0.15) is 23.0 Å². The number of nitrogens with zero attached hydrogens (tertiary/aromatic N) is 1. The lowest BCUT2D eigenvalue weighted by Crippen LogP contribution is -2.30. The van der Waals surface area contributed by atoms with Crippen LogP contribution in [0.25, 0.3) is 44.2 Å². The van der Waals surface area contributed by atoms with Crippen molar-refractivity contribution >= 4 is 22.1 Å². The van der Waals surface area contributed by atoms with Gasteiger partial charge in [0.2, 0.25) is 0 Å². The summed E-state index contributed by atoms with van der Waals surface area (Å²) >= 11 is 0. The van der Waals surface area contributed by atoms with E-state index in [-0.39, 0.29) is 6.04 Å². The standard InChI is InChI=1S/C41H27NO2/c1-2-10-26(11-3-1)42(35-15-8-14-29-28-12-5-4-9-25(28)23-34(29)35)27-17-18-31-33-20-21-37-40-32(30-13-6-7-16-36(30)43-37)19-22-38(41(33)40)44-39(31)24-27/h1-10,12-22,24,26H,11,23H2. The Hall–Kier alpha value is -5.54. The average Bonchev–Trinajstić information content (AvgIpc) is 3.47. The predicted molar refractivity (Wildman–Crippen MR) is 178 cm³/mol. The molecule has 3 nitrogen and oxygen atoms in total. The number of allylic oxidation sites excluding steroid dienone is 2. The van der Waals surface area contributed by atoms with E-state index in [1.807, 2.05) is 12.1 Å². The normalized spacial score (nSPS) is 16.0. The highest BCUT2D eigenvalue weighted by Gasteiger charge is 2.30. The lowest BCUT2D eigenvalue weighted by molar-refractivity contribution is 0.480. The van der Waals surface area contributed by atoms with Crippen molar-refractivity contribution in [2.24, 2.45) is 0 Å². The first kappa shape index (κ1) is 24.0. The maximum atomic E-state index is 6.76. The first-order valence-electron chi connectivity index (χ1n) is 15.3. The summed E-state index contributed by atoms with van der Waals surface area (Å²) in [6.07, 6.45) is 10.8. The van der Waals surface area contributed by atoms with Gasteiger partial charge in [-0.2, -0.15) is 0 Å². The molecule has 0 bridgehead atoms. The van der Waals surface area contributed by atoms with E-state index in [9.17, 15) is 0 Å². The van der Waals surface area contributed by atoms with Crippen molar-refractivity contribution in [3.63, 3.8) is 0 Å². The molecule has 0 spiro atoms. The molecule has 0 saturated heterocycles. The fourth-order valence-corrected chi connectivity index (χ4v) is 7.67. The van der Waals surface area contributed by atoms with Gasteiger partial charge in [0.25, 0.3) is 0 Å². The first-order valence-corrected chi connectivity index (χ1v) is 15.3. The zero-order chi connectivity index (χ0) is 28.8. The van der Waals surface area contributed by atoms with Gasteiger partial charge in [-0.15, -0.1) is 0 Å². The number of hydrogen-bond donors (Lipinski definition) is 0. The minimum absolute atomic E-state index is 0.202. The van der Waals surface area contributed by atoms with Crippen LogP contribution < -0.4 is 14.4 Å². The van der Waals surface area contributed by atoms with Crippen LogP contribution in [0.15, 0.2) is 133 Å². The number of fused-ring (bicyclic) bond motifs is 7. The molecule has 10 rings (SSSR count). The zero-order valence-electron chi connectivity index (χ0n) is 24.0. The van der Waals surface area contributed by atoms with E-state index in [0.29, 0.717) is 0 Å². The Labute approximate surface area is 255 Å². The van der Waals surface area contributed by atoms with E-state index in [0.717, 1.165) is 63.4 Å². The molecule has 0 radical (unpaired) electrons. The Morgan fingerprint density at radius 3 is 2.07 bits per heavy atom. The van der Waals surface area contributed by atoms with E-state index in [1.54, 1.807) is 0 Å². The molecule has 2 aliphatic heterocycles. The van der Waals surface area contributed by atoms with Gasteiger partial charge in [0.15, 0.2) is 0 Å². The highest BCUT2D eigenvalue weighted by molar-refractivity contribution is 6.14. The Morgan fingerprint density at radius 2 is 1.25 bits per heavy atom. The largest absolute Gasteiger partial charge is 0.456 e. The molecule has 44 heavy (non-hydrogen) atoms. The number of anilines is 2. The van der Waals surface area contributed by atoms with Gasteiger partial charge in [0.05, 0.1) is 6.04 Å². The zero-order valence-corrected chi connectivity index (χ0v) is 24.0. The third-order valence-corrected chi connectivity index (χ3v) is 9.61. The van der Waals surface area contributed by atoms with Crippen molar-refractivity contribution < 1.29 is 9.47 Å². The van der Waals surface area contributed by atoms with Crippen molar-refractivity contribution in [2.45, 2.75) is 18.9 Å². The molecule has 6 aromatic carbocycles. The Morgan fingerprint density at radius 1 is 0.545 bits per heavy atom. The summed E-state index contributed by atoms with van der Waals surface area (Å²) in [6.45, 7) is 0. The van der Waals surface area contributed by atoms with E-state index < -0.39 is 0 Å². The van der Waals surface area contributed by atoms with Crippen LogP contribution in [-0.4, -0.2) is 6.04 Å². The summed E-state index contributed by atoms with van der Waals surface area (Å²) in [4.78, 5) is 2.51. The van der Waals surface area contributed by atoms with Gasteiger partial charge in [0, 0.05) is 45.8 Å². The quantitative estimate of drug-likeness (QED) is 0.213. The Bertz CT molecular complexity index is 2260. The third-order valence-electron chi connectivity index (χ3n) is 9.61. The van der Waals surface area contributed by atoms with Crippen molar-refractivity contribution in [3.05, 3.63) is 145 Å². The van der Waals surface area contributed by atoms with Gasteiger partial charge in [-0.3, -0.25) is 0 Å². The highest BCUT2D eigenvalue weighted by atomic mass is 16.5. The molecule has 1 unspecified atom stereocenters. The van der Waals surface area contributed by atoms with Crippen molar-refractivity contribution in [1.29, 1.82) is 0 Å². The topological polar surface area (TPSA) is 21.7 Å². The Kier molecular flexibility index (Phi) is 4.89. The third kappa shape index (κ3) is 3.32. The Balaban J connectivity index is 1.13. The molecular formula is C41H27NO2. The van der Waals surface area contributed by atoms with Crippen LogP contribution in [-0.2, 0) is 6.42 Å². The highest BCUT2D eigenvalue weighted by Crippen LogP contribution is 2.55. The van der Waals surface area contributed by atoms with E-state index in [2.05, 4.69) is 126 Å². The fraction of sp³-hybridized carbons (Fsp3) is 0.0732. The maximum Gasteiger partial charge on any atom is 0.137 e. The summed E-state index contributed by atoms with van der Waals surface area (Å²) in [7, 11) is 0. The second-order valence-corrected chi connectivity index (χ2v) is 12.0. The van der Waals surface area contributed by atoms with Crippen LogP contribution in [0.2, 0.25) is 0 Å². The second-order valence-electron chi connectivity index (χ2n) is 12.0. The van der Waals surface area contributed by atoms with Crippen LogP contribution in [0.1, 0.15) is 17.5 Å². The number of benzene rings is 6. The molecule has 0 amide bonds. The van der Waals surface area contributed by atoms with Gasteiger partial charge < -0.3 is 14.4 Å². The predicted octanol–water partition coefficient (Wildman–Crippen LogP) is 11.0. The summed E-state index contributed by atoms with van der Waals surface area (Å²) < 4.78 is 13.1. The summed E-state index contributed by atoms with van der Waals surface area (Å²) in [5.74, 6) is 3.53. The molecule has 0 aromatic heterocycles. The van der Waals surface area contributed by atoms with Gasteiger partial charge in [-0.1, -0.05) is 78.9 Å². The number of rotatable bonds is 3. The minimum Gasteiger partial charge on any atom is -0.456 e. The van der Waals surface area contributed by atoms with Crippen molar-refractivity contribution in [2.75, 3.05) is 4.90 Å². The van der Waals surface area contributed by atoms with Crippen LogP contribution >= 0.6 is 0 Å². The monoisotopic (exact) mass is 565 g/mol. The van der Waals surface area contributed by atoms with Crippen LogP contribution in [0.4, 0.5) is 11.4 Å². The minimum atomic E-state index is 0.202. The van der Waals surface area contributed by atoms with E-state index in [1.165, 1.54) is 39.1 Å². The summed E-state index contributed by atoms with van der Waals surface area (Å²) in [6, 6.07) is 39.4. The molecule has 6 aromatic rings. The molecule has 0 fully saturated rings. The molecule has 0 saturated carbocycles. The summed E-state index contributed by atoms with van der Waals surface area (Å²) in [5, 5.41) is 2.24. The van der Waals surface area contributed by atoms with Crippen molar-refractivity contribution in [3.8, 4) is 56.4 Å². The fourth-order valence-electron chi connectivity index (χ4n) is 7.67. The first-order chi connectivity index (χ1) is 21.8. The smallest absolute Gasteiger partial charge is 0.137 e. The molecule has 4 aliphatic rings. The maximum absolute atomic E-state index is 6.76.